The Morgan fingerprint density at radius 1 is 1.16 bits per heavy atom. The number of carbonyl (C=O) groups excluding carboxylic acids is 1. The average Bonchev–Trinajstić information content (AvgIpc) is 2.42. The Morgan fingerprint density at radius 2 is 1.95 bits per heavy atom. The van der Waals surface area contributed by atoms with Crippen LogP contribution in [-0.2, 0) is 6.42 Å². The molecule has 0 fully saturated rings. The van der Waals surface area contributed by atoms with Crippen molar-refractivity contribution in [2.24, 2.45) is 0 Å². The van der Waals surface area contributed by atoms with E-state index in [1.165, 1.54) is 0 Å². The SMILES string of the molecule is O=C1CCCc2cc(Oc3ncc(Br)cn3)ccc21. The molecule has 96 valence electrons. The van der Waals surface area contributed by atoms with Crippen LogP contribution in [0.2, 0.25) is 0 Å². The summed E-state index contributed by atoms with van der Waals surface area (Å²) in [5.41, 5.74) is 1.86. The summed E-state index contributed by atoms with van der Waals surface area (Å²) < 4.78 is 6.38. The fourth-order valence-electron chi connectivity index (χ4n) is 2.15. The van der Waals surface area contributed by atoms with Crippen LogP contribution in [0.25, 0.3) is 0 Å². The predicted molar refractivity (Wildman–Crippen MR) is 73.5 cm³/mol. The van der Waals surface area contributed by atoms with Gasteiger partial charge in [-0.25, -0.2) is 9.97 Å². The maximum atomic E-state index is 11.7. The number of aryl methyl sites for hydroxylation is 1. The number of nitrogens with zero attached hydrogens (tertiary/aromatic N) is 2. The second-order valence-electron chi connectivity index (χ2n) is 4.38. The van der Waals surface area contributed by atoms with Gasteiger partial charge in [0.2, 0.25) is 0 Å². The average molecular weight is 319 g/mol. The summed E-state index contributed by atoms with van der Waals surface area (Å²) in [6.45, 7) is 0. The van der Waals surface area contributed by atoms with Crippen molar-refractivity contribution in [3.05, 3.63) is 46.2 Å². The van der Waals surface area contributed by atoms with Gasteiger partial charge in [-0.2, -0.15) is 0 Å². The second kappa shape index (κ2) is 5.09. The van der Waals surface area contributed by atoms with Gasteiger partial charge >= 0.3 is 6.01 Å². The first-order chi connectivity index (χ1) is 9.22. The summed E-state index contributed by atoms with van der Waals surface area (Å²) in [6, 6.07) is 5.81. The Balaban J connectivity index is 1.86. The molecule has 0 radical (unpaired) electrons. The van der Waals surface area contributed by atoms with E-state index in [1.54, 1.807) is 18.5 Å². The number of carbonyl (C=O) groups is 1. The van der Waals surface area contributed by atoms with Crippen LogP contribution in [0.4, 0.5) is 0 Å². The lowest BCUT2D eigenvalue weighted by Gasteiger charge is -2.15. The minimum absolute atomic E-state index is 0.215. The molecule has 0 bridgehead atoms. The highest BCUT2D eigenvalue weighted by atomic mass is 79.9. The summed E-state index contributed by atoms with van der Waals surface area (Å²) >= 11 is 3.27. The Kier molecular flexibility index (Phi) is 3.29. The van der Waals surface area contributed by atoms with Gasteiger partial charge in [0.15, 0.2) is 5.78 Å². The van der Waals surface area contributed by atoms with Crippen molar-refractivity contribution < 1.29 is 9.53 Å². The fraction of sp³-hybridized carbons (Fsp3) is 0.214. The van der Waals surface area contributed by atoms with E-state index >= 15 is 0 Å². The number of aromatic nitrogens is 2. The lowest BCUT2D eigenvalue weighted by molar-refractivity contribution is 0.0972. The topological polar surface area (TPSA) is 52.1 Å². The van der Waals surface area contributed by atoms with Gasteiger partial charge in [0, 0.05) is 24.4 Å². The van der Waals surface area contributed by atoms with E-state index in [0.717, 1.165) is 28.4 Å². The smallest absolute Gasteiger partial charge is 0.321 e. The third-order valence-corrected chi connectivity index (χ3v) is 3.44. The minimum atomic E-state index is 0.215. The van der Waals surface area contributed by atoms with Crippen LogP contribution < -0.4 is 4.74 Å². The highest BCUT2D eigenvalue weighted by molar-refractivity contribution is 9.10. The molecule has 0 aliphatic heterocycles. The number of hydrogen-bond donors (Lipinski definition) is 0. The number of halogens is 1. The Labute approximate surface area is 119 Å². The molecular formula is C14H11BrN2O2. The van der Waals surface area contributed by atoms with Gasteiger partial charge in [-0.3, -0.25) is 4.79 Å². The van der Waals surface area contributed by atoms with Crippen LogP contribution in [0.5, 0.6) is 11.8 Å². The van der Waals surface area contributed by atoms with Crippen molar-refractivity contribution in [2.45, 2.75) is 19.3 Å². The number of rotatable bonds is 2. The van der Waals surface area contributed by atoms with Crippen molar-refractivity contribution in [3.8, 4) is 11.8 Å². The lowest BCUT2D eigenvalue weighted by Crippen LogP contribution is -2.10. The second-order valence-corrected chi connectivity index (χ2v) is 5.30. The molecule has 0 saturated carbocycles. The summed E-state index contributed by atoms with van der Waals surface area (Å²) in [4.78, 5) is 19.8. The quantitative estimate of drug-likeness (QED) is 0.849. The van der Waals surface area contributed by atoms with Crippen molar-refractivity contribution in [1.29, 1.82) is 0 Å². The normalized spacial score (nSPS) is 14.1. The van der Waals surface area contributed by atoms with E-state index in [9.17, 15) is 4.79 Å². The van der Waals surface area contributed by atoms with Crippen molar-refractivity contribution in [1.82, 2.24) is 9.97 Å². The summed E-state index contributed by atoms with van der Waals surface area (Å²) in [6.07, 6.45) is 5.72. The molecule has 0 unspecified atom stereocenters. The monoisotopic (exact) mass is 318 g/mol. The number of fused-ring (bicyclic) bond motifs is 1. The molecule has 4 nitrogen and oxygen atoms in total. The maximum absolute atomic E-state index is 11.7. The van der Waals surface area contributed by atoms with Crippen LogP contribution in [0.15, 0.2) is 35.1 Å². The van der Waals surface area contributed by atoms with Gasteiger partial charge in [-0.1, -0.05) is 0 Å². The molecule has 3 rings (SSSR count). The summed E-state index contributed by atoms with van der Waals surface area (Å²) in [5.74, 6) is 0.878. The Bertz CT molecular complexity index is 626. The van der Waals surface area contributed by atoms with Gasteiger partial charge in [-0.05, 0) is 52.5 Å². The molecule has 1 aliphatic carbocycles. The van der Waals surface area contributed by atoms with E-state index < -0.39 is 0 Å². The van der Waals surface area contributed by atoms with Gasteiger partial charge in [0.1, 0.15) is 5.75 Å². The minimum Gasteiger partial charge on any atom is -0.424 e. The van der Waals surface area contributed by atoms with Gasteiger partial charge in [0.25, 0.3) is 0 Å². The standard InChI is InChI=1S/C14H11BrN2O2/c15-10-7-16-14(17-8-10)19-11-4-5-12-9(6-11)2-1-3-13(12)18/h4-8H,1-3H2. The molecular weight excluding hydrogens is 308 g/mol. The highest BCUT2D eigenvalue weighted by Crippen LogP contribution is 2.27. The molecule has 0 atom stereocenters. The molecule has 0 spiro atoms. The number of ketones is 1. The number of hydrogen-bond acceptors (Lipinski definition) is 4. The fourth-order valence-corrected chi connectivity index (χ4v) is 2.35. The summed E-state index contributed by atoms with van der Waals surface area (Å²) in [5, 5.41) is 0. The predicted octanol–water partition coefficient (Wildman–Crippen LogP) is 3.55. The molecule has 1 aliphatic rings. The van der Waals surface area contributed by atoms with Crippen LogP contribution in [0.1, 0.15) is 28.8 Å². The van der Waals surface area contributed by atoms with Crippen molar-refractivity contribution >= 4 is 21.7 Å². The van der Waals surface area contributed by atoms with Crippen molar-refractivity contribution in [2.75, 3.05) is 0 Å². The number of Topliss-reactive ketones (excluding diaryl/α,β-unsaturated/α-hetero) is 1. The van der Waals surface area contributed by atoms with Crippen molar-refractivity contribution in [3.63, 3.8) is 0 Å². The van der Waals surface area contributed by atoms with Crippen LogP contribution in [0.3, 0.4) is 0 Å². The summed E-state index contributed by atoms with van der Waals surface area (Å²) in [7, 11) is 0. The van der Waals surface area contributed by atoms with E-state index in [2.05, 4.69) is 25.9 Å². The molecule has 0 saturated heterocycles. The number of benzene rings is 1. The zero-order valence-corrected chi connectivity index (χ0v) is 11.7. The van der Waals surface area contributed by atoms with E-state index in [0.29, 0.717) is 18.2 Å². The molecule has 19 heavy (non-hydrogen) atoms. The van der Waals surface area contributed by atoms with Crippen LogP contribution in [-0.4, -0.2) is 15.8 Å². The molecule has 5 heteroatoms. The zero-order valence-electron chi connectivity index (χ0n) is 10.1. The zero-order chi connectivity index (χ0) is 13.2. The van der Waals surface area contributed by atoms with Gasteiger partial charge < -0.3 is 4.74 Å². The molecule has 1 aromatic heterocycles. The van der Waals surface area contributed by atoms with Crippen LogP contribution in [0, 0.1) is 0 Å². The third kappa shape index (κ3) is 2.66. The van der Waals surface area contributed by atoms with Gasteiger partial charge in [-0.15, -0.1) is 0 Å². The first kappa shape index (κ1) is 12.3. The first-order valence-corrected chi connectivity index (χ1v) is 6.83. The highest BCUT2D eigenvalue weighted by Gasteiger charge is 2.17. The third-order valence-electron chi connectivity index (χ3n) is 3.03. The Morgan fingerprint density at radius 3 is 2.74 bits per heavy atom. The largest absolute Gasteiger partial charge is 0.424 e. The molecule has 0 N–H and O–H groups in total. The van der Waals surface area contributed by atoms with Gasteiger partial charge in [0.05, 0.1) is 4.47 Å². The molecule has 1 heterocycles. The van der Waals surface area contributed by atoms with E-state index in [1.807, 2.05) is 12.1 Å². The first-order valence-electron chi connectivity index (χ1n) is 6.04. The molecule has 2 aromatic rings. The van der Waals surface area contributed by atoms with Crippen LogP contribution >= 0.6 is 15.9 Å². The molecule has 1 aromatic carbocycles. The van der Waals surface area contributed by atoms with E-state index in [4.69, 9.17) is 4.74 Å². The van der Waals surface area contributed by atoms with E-state index in [-0.39, 0.29) is 5.78 Å². The number of ether oxygens (including phenoxy) is 1. The molecule has 0 amide bonds. The maximum Gasteiger partial charge on any atom is 0.321 e. The Hall–Kier alpha value is -1.75. The lowest BCUT2D eigenvalue weighted by atomic mass is 9.91.